The third-order valence-corrected chi connectivity index (χ3v) is 5.00. The van der Waals surface area contributed by atoms with E-state index in [1.54, 1.807) is 12.1 Å². The first-order chi connectivity index (χ1) is 15.0. The first-order valence-electron chi connectivity index (χ1n) is 9.92. The fraction of sp³-hybridized carbons (Fsp3) is 0.167. The molecule has 0 aliphatic carbocycles. The Morgan fingerprint density at radius 3 is 2.45 bits per heavy atom. The van der Waals surface area contributed by atoms with E-state index < -0.39 is 0 Å². The van der Waals surface area contributed by atoms with Gasteiger partial charge in [-0.15, -0.1) is 0 Å². The fourth-order valence-electron chi connectivity index (χ4n) is 3.21. The number of para-hydroxylation sites is 1. The van der Waals surface area contributed by atoms with Crippen molar-refractivity contribution in [1.82, 2.24) is 5.32 Å². The topological polar surface area (TPSA) is 63.9 Å². The van der Waals surface area contributed by atoms with E-state index in [0.717, 1.165) is 17.0 Å². The molecule has 3 aromatic rings. The van der Waals surface area contributed by atoms with Crippen LogP contribution in [0.5, 0.6) is 11.5 Å². The molecule has 1 amide bonds. The van der Waals surface area contributed by atoms with Gasteiger partial charge in [0.05, 0.1) is 12.3 Å². The van der Waals surface area contributed by atoms with Gasteiger partial charge in [-0.3, -0.25) is 9.69 Å². The second-order valence-corrected chi connectivity index (χ2v) is 7.30. The standard InChI is InChI=1S/C24H22N2O4S/c1-3-28-17-8-10-18(11-9-17)29-15-20-13-12-19(30-20)14-21-23(27)26(24(31)25-21)22-7-5-4-6-16(22)2/h4-14H,3,15H2,1-2H3,(H,25,31)/b21-14+. The molecule has 6 nitrogen and oxygen atoms in total. The molecule has 1 aromatic heterocycles. The summed E-state index contributed by atoms with van der Waals surface area (Å²) in [6.07, 6.45) is 1.65. The Morgan fingerprint density at radius 2 is 1.74 bits per heavy atom. The minimum Gasteiger partial charge on any atom is -0.494 e. The van der Waals surface area contributed by atoms with Gasteiger partial charge in [-0.05, 0) is 74.1 Å². The van der Waals surface area contributed by atoms with E-state index in [4.69, 9.17) is 26.1 Å². The Balaban J connectivity index is 1.43. The molecule has 1 N–H and O–H groups in total. The van der Waals surface area contributed by atoms with Crippen LogP contribution in [0.4, 0.5) is 5.69 Å². The third kappa shape index (κ3) is 4.62. The lowest BCUT2D eigenvalue weighted by atomic mass is 10.2. The van der Waals surface area contributed by atoms with Gasteiger partial charge in [-0.25, -0.2) is 0 Å². The van der Waals surface area contributed by atoms with Gasteiger partial charge in [0.1, 0.15) is 35.3 Å². The van der Waals surface area contributed by atoms with E-state index in [9.17, 15) is 4.79 Å². The lowest BCUT2D eigenvalue weighted by molar-refractivity contribution is -0.113. The Bertz CT molecular complexity index is 1130. The first kappa shape index (κ1) is 20.7. The number of benzene rings is 2. The molecule has 158 valence electrons. The second kappa shape index (κ2) is 9.06. The van der Waals surface area contributed by atoms with Gasteiger partial charge in [0.25, 0.3) is 5.91 Å². The zero-order valence-corrected chi connectivity index (χ0v) is 18.1. The molecule has 1 saturated heterocycles. The van der Waals surface area contributed by atoms with Gasteiger partial charge in [-0.2, -0.15) is 0 Å². The smallest absolute Gasteiger partial charge is 0.281 e. The van der Waals surface area contributed by atoms with Crippen molar-refractivity contribution in [3.05, 3.63) is 83.4 Å². The minimum atomic E-state index is -0.220. The summed E-state index contributed by atoms with van der Waals surface area (Å²) in [5.74, 6) is 2.47. The number of anilines is 1. The van der Waals surface area contributed by atoms with E-state index in [2.05, 4.69) is 5.32 Å². The van der Waals surface area contributed by atoms with Gasteiger partial charge in [0.15, 0.2) is 5.11 Å². The number of nitrogens with zero attached hydrogens (tertiary/aromatic N) is 1. The molecule has 0 radical (unpaired) electrons. The van der Waals surface area contributed by atoms with Crippen LogP contribution in [0.2, 0.25) is 0 Å². The quantitative estimate of drug-likeness (QED) is 0.425. The van der Waals surface area contributed by atoms with Crippen LogP contribution in [0, 0.1) is 6.92 Å². The zero-order valence-electron chi connectivity index (χ0n) is 17.3. The van der Waals surface area contributed by atoms with Crippen molar-refractivity contribution in [2.45, 2.75) is 20.5 Å². The summed E-state index contributed by atoms with van der Waals surface area (Å²) in [7, 11) is 0. The van der Waals surface area contributed by atoms with E-state index >= 15 is 0 Å². The number of carbonyl (C=O) groups is 1. The molecule has 0 spiro atoms. The van der Waals surface area contributed by atoms with E-state index in [1.807, 2.05) is 68.4 Å². The molecular weight excluding hydrogens is 412 g/mol. The molecule has 0 atom stereocenters. The maximum atomic E-state index is 12.9. The Morgan fingerprint density at radius 1 is 1.03 bits per heavy atom. The molecule has 2 heterocycles. The van der Waals surface area contributed by atoms with Crippen LogP contribution in [-0.2, 0) is 11.4 Å². The summed E-state index contributed by atoms with van der Waals surface area (Å²) in [6.45, 7) is 4.77. The number of hydrogen-bond acceptors (Lipinski definition) is 5. The molecule has 4 rings (SSSR count). The maximum Gasteiger partial charge on any atom is 0.281 e. The molecular formula is C24H22N2O4S. The predicted octanol–water partition coefficient (Wildman–Crippen LogP) is 4.83. The number of hydrogen-bond donors (Lipinski definition) is 1. The van der Waals surface area contributed by atoms with Crippen LogP contribution >= 0.6 is 12.2 Å². The number of ether oxygens (including phenoxy) is 2. The van der Waals surface area contributed by atoms with E-state index in [1.165, 1.54) is 4.90 Å². The average molecular weight is 435 g/mol. The zero-order chi connectivity index (χ0) is 21.8. The van der Waals surface area contributed by atoms with Gasteiger partial charge >= 0.3 is 0 Å². The van der Waals surface area contributed by atoms with Crippen LogP contribution in [0.15, 0.2) is 70.8 Å². The fourth-order valence-corrected chi connectivity index (χ4v) is 3.50. The Labute approximate surface area is 186 Å². The summed E-state index contributed by atoms with van der Waals surface area (Å²) in [5, 5.41) is 3.32. The van der Waals surface area contributed by atoms with Gasteiger partial charge in [-0.1, -0.05) is 18.2 Å². The molecule has 2 aromatic carbocycles. The number of aryl methyl sites for hydroxylation is 1. The van der Waals surface area contributed by atoms with Crippen molar-refractivity contribution >= 4 is 35.0 Å². The Kier molecular flexibility index (Phi) is 6.04. The summed E-state index contributed by atoms with van der Waals surface area (Å²) in [5.41, 5.74) is 2.09. The highest BCUT2D eigenvalue weighted by molar-refractivity contribution is 7.80. The summed E-state index contributed by atoms with van der Waals surface area (Å²) in [6, 6.07) is 18.6. The second-order valence-electron chi connectivity index (χ2n) is 6.91. The van der Waals surface area contributed by atoms with Crippen molar-refractivity contribution < 1.29 is 18.7 Å². The highest BCUT2D eigenvalue weighted by Gasteiger charge is 2.32. The highest BCUT2D eigenvalue weighted by atomic mass is 32.1. The molecule has 1 fully saturated rings. The van der Waals surface area contributed by atoms with E-state index in [-0.39, 0.29) is 12.5 Å². The first-order valence-corrected chi connectivity index (χ1v) is 10.3. The Hall–Kier alpha value is -3.58. The molecule has 0 bridgehead atoms. The lowest BCUT2D eigenvalue weighted by Crippen LogP contribution is -2.30. The molecule has 0 saturated carbocycles. The number of thiocarbonyl (C=S) groups is 1. The summed E-state index contributed by atoms with van der Waals surface area (Å²) >= 11 is 5.37. The van der Waals surface area contributed by atoms with Crippen molar-refractivity contribution in [3.8, 4) is 11.5 Å². The number of amides is 1. The predicted molar refractivity (Wildman–Crippen MR) is 123 cm³/mol. The van der Waals surface area contributed by atoms with Crippen molar-refractivity contribution in [1.29, 1.82) is 0 Å². The van der Waals surface area contributed by atoms with Crippen LogP contribution in [0.3, 0.4) is 0 Å². The van der Waals surface area contributed by atoms with Crippen molar-refractivity contribution in [3.63, 3.8) is 0 Å². The average Bonchev–Trinajstić information content (AvgIpc) is 3.32. The molecule has 7 heteroatoms. The monoisotopic (exact) mass is 434 g/mol. The number of nitrogens with one attached hydrogen (secondary N) is 1. The molecule has 31 heavy (non-hydrogen) atoms. The van der Waals surface area contributed by atoms with Gasteiger partial charge in [0, 0.05) is 6.08 Å². The number of furan rings is 1. The van der Waals surface area contributed by atoms with Gasteiger partial charge in [0.2, 0.25) is 0 Å². The normalized spacial score (nSPS) is 14.8. The third-order valence-electron chi connectivity index (χ3n) is 4.72. The summed E-state index contributed by atoms with van der Waals surface area (Å²) < 4.78 is 17.0. The molecule has 0 unspecified atom stereocenters. The minimum absolute atomic E-state index is 0.220. The molecule has 1 aliphatic heterocycles. The SMILES string of the molecule is CCOc1ccc(OCc2ccc(/C=C3/NC(=S)N(c4ccccc4C)C3=O)o2)cc1. The molecule has 1 aliphatic rings. The van der Waals surface area contributed by atoms with Gasteiger partial charge < -0.3 is 19.2 Å². The summed E-state index contributed by atoms with van der Waals surface area (Å²) in [4.78, 5) is 14.4. The van der Waals surface area contributed by atoms with Crippen molar-refractivity contribution in [2.75, 3.05) is 11.5 Å². The highest BCUT2D eigenvalue weighted by Crippen LogP contribution is 2.26. The van der Waals surface area contributed by atoms with Crippen LogP contribution in [0.25, 0.3) is 6.08 Å². The number of rotatable bonds is 7. The lowest BCUT2D eigenvalue weighted by Gasteiger charge is -2.16. The van der Waals surface area contributed by atoms with E-state index in [0.29, 0.717) is 34.7 Å². The number of carbonyl (C=O) groups excluding carboxylic acids is 1. The van der Waals surface area contributed by atoms with Crippen molar-refractivity contribution in [2.24, 2.45) is 0 Å². The van der Waals surface area contributed by atoms with Crippen LogP contribution < -0.4 is 19.7 Å². The maximum absolute atomic E-state index is 12.9. The van der Waals surface area contributed by atoms with Crippen LogP contribution in [-0.4, -0.2) is 17.6 Å². The largest absolute Gasteiger partial charge is 0.494 e. The van der Waals surface area contributed by atoms with Crippen LogP contribution in [0.1, 0.15) is 24.0 Å².